The number of ether oxygens (including phenoxy) is 1. The first-order valence-electron chi connectivity index (χ1n) is 5.15. The van der Waals surface area contributed by atoms with Crippen molar-refractivity contribution in [2.45, 2.75) is 26.3 Å². The molecule has 15 heavy (non-hydrogen) atoms. The molecule has 1 rings (SSSR count). The predicted octanol–water partition coefficient (Wildman–Crippen LogP) is 1.63. The van der Waals surface area contributed by atoms with E-state index >= 15 is 0 Å². The second-order valence-corrected chi connectivity index (χ2v) is 4.00. The highest BCUT2D eigenvalue weighted by atomic mass is 16.5. The quantitative estimate of drug-likeness (QED) is 0.773. The van der Waals surface area contributed by atoms with Crippen molar-refractivity contribution in [3.05, 3.63) is 18.3 Å². The second-order valence-electron chi connectivity index (χ2n) is 4.00. The molecule has 0 spiro atoms. The van der Waals surface area contributed by atoms with Gasteiger partial charge in [-0.2, -0.15) is 0 Å². The summed E-state index contributed by atoms with van der Waals surface area (Å²) in [6.07, 6.45) is 1.73. The van der Waals surface area contributed by atoms with Crippen molar-refractivity contribution in [1.29, 1.82) is 0 Å². The third kappa shape index (κ3) is 3.40. The molecule has 0 saturated carbocycles. The van der Waals surface area contributed by atoms with E-state index in [1.54, 1.807) is 6.20 Å². The van der Waals surface area contributed by atoms with Gasteiger partial charge in [0, 0.05) is 18.3 Å². The van der Waals surface area contributed by atoms with Crippen molar-refractivity contribution < 1.29 is 4.74 Å². The molecule has 3 N–H and O–H groups in total. The van der Waals surface area contributed by atoms with Gasteiger partial charge in [0.1, 0.15) is 0 Å². The Morgan fingerprint density at radius 3 is 2.87 bits per heavy atom. The number of hydrogen-bond donors (Lipinski definition) is 2. The van der Waals surface area contributed by atoms with Crippen molar-refractivity contribution in [3.8, 4) is 5.75 Å². The maximum absolute atomic E-state index is 5.65. The molecule has 1 aromatic rings. The average Bonchev–Trinajstić information content (AvgIpc) is 2.21. The Balaban J connectivity index is 2.84. The first kappa shape index (κ1) is 11.8. The van der Waals surface area contributed by atoms with E-state index in [0.29, 0.717) is 13.2 Å². The molecule has 0 bridgehead atoms. The lowest BCUT2D eigenvalue weighted by Crippen LogP contribution is -2.39. The smallest absolute Gasteiger partial charge is 0.169 e. The molecule has 0 amide bonds. The van der Waals surface area contributed by atoms with Crippen molar-refractivity contribution in [2.75, 3.05) is 18.5 Å². The molecule has 1 aromatic heterocycles. The molecule has 0 aliphatic rings. The molecule has 0 unspecified atom stereocenters. The molecular weight excluding hydrogens is 190 g/mol. The van der Waals surface area contributed by atoms with Crippen LogP contribution < -0.4 is 15.8 Å². The van der Waals surface area contributed by atoms with Crippen LogP contribution in [0.3, 0.4) is 0 Å². The molecule has 4 heteroatoms. The van der Waals surface area contributed by atoms with Crippen LogP contribution in [0.1, 0.15) is 20.8 Å². The zero-order valence-electron chi connectivity index (χ0n) is 9.58. The Hall–Kier alpha value is -1.29. The molecular formula is C11H19N3O. The van der Waals surface area contributed by atoms with Crippen molar-refractivity contribution in [2.24, 2.45) is 5.73 Å². The van der Waals surface area contributed by atoms with Crippen LogP contribution in [-0.2, 0) is 0 Å². The van der Waals surface area contributed by atoms with Crippen LogP contribution in [0.5, 0.6) is 5.75 Å². The first-order chi connectivity index (χ1) is 7.09. The third-order valence-electron chi connectivity index (χ3n) is 2.04. The lowest BCUT2D eigenvalue weighted by molar-refractivity contribution is 0.339. The molecule has 0 aromatic carbocycles. The highest BCUT2D eigenvalue weighted by molar-refractivity contribution is 5.51. The standard InChI is InChI=1S/C11H19N3O/c1-4-15-9-6-5-7-13-10(9)14-11(2,3)8-12/h5-7H,4,8,12H2,1-3H3,(H,13,14). The Morgan fingerprint density at radius 2 is 2.27 bits per heavy atom. The number of nitrogens with two attached hydrogens (primary N) is 1. The summed E-state index contributed by atoms with van der Waals surface area (Å²) in [6.45, 7) is 7.16. The highest BCUT2D eigenvalue weighted by Crippen LogP contribution is 2.23. The van der Waals surface area contributed by atoms with Gasteiger partial charge in [0.05, 0.1) is 6.61 Å². The van der Waals surface area contributed by atoms with E-state index in [1.807, 2.05) is 32.9 Å². The van der Waals surface area contributed by atoms with Crippen molar-refractivity contribution in [1.82, 2.24) is 4.98 Å². The first-order valence-corrected chi connectivity index (χ1v) is 5.15. The van der Waals surface area contributed by atoms with E-state index in [2.05, 4.69) is 10.3 Å². The van der Waals surface area contributed by atoms with E-state index in [0.717, 1.165) is 11.6 Å². The van der Waals surface area contributed by atoms with Crippen molar-refractivity contribution in [3.63, 3.8) is 0 Å². The molecule has 84 valence electrons. The van der Waals surface area contributed by atoms with E-state index in [-0.39, 0.29) is 5.54 Å². The van der Waals surface area contributed by atoms with Gasteiger partial charge in [-0.15, -0.1) is 0 Å². The second kappa shape index (κ2) is 4.98. The van der Waals surface area contributed by atoms with Crippen LogP contribution in [0.2, 0.25) is 0 Å². The number of aromatic nitrogens is 1. The molecule has 0 saturated heterocycles. The highest BCUT2D eigenvalue weighted by Gasteiger charge is 2.17. The van der Waals surface area contributed by atoms with E-state index < -0.39 is 0 Å². The van der Waals surface area contributed by atoms with Crippen LogP contribution in [-0.4, -0.2) is 23.7 Å². The molecule has 0 aliphatic carbocycles. The van der Waals surface area contributed by atoms with Gasteiger partial charge >= 0.3 is 0 Å². The molecule has 4 nitrogen and oxygen atoms in total. The third-order valence-corrected chi connectivity index (χ3v) is 2.04. The van der Waals surface area contributed by atoms with Gasteiger partial charge in [-0.1, -0.05) is 0 Å². The lowest BCUT2D eigenvalue weighted by atomic mass is 10.1. The van der Waals surface area contributed by atoms with Crippen LogP contribution in [0.25, 0.3) is 0 Å². The van der Waals surface area contributed by atoms with Gasteiger partial charge in [0.15, 0.2) is 11.6 Å². The largest absolute Gasteiger partial charge is 0.490 e. The summed E-state index contributed by atoms with van der Waals surface area (Å²) in [5.41, 5.74) is 5.47. The SMILES string of the molecule is CCOc1cccnc1NC(C)(C)CN. The normalized spacial score (nSPS) is 11.2. The Morgan fingerprint density at radius 1 is 1.53 bits per heavy atom. The number of rotatable bonds is 5. The predicted molar refractivity (Wildman–Crippen MR) is 62.2 cm³/mol. The van der Waals surface area contributed by atoms with Crippen LogP contribution in [0.15, 0.2) is 18.3 Å². The van der Waals surface area contributed by atoms with Crippen LogP contribution >= 0.6 is 0 Å². The van der Waals surface area contributed by atoms with Crippen LogP contribution in [0, 0.1) is 0 Å². The maximum atomic E-state index is 5.65. The number of anilines is 1. The summed E-state index contributed by atoms with van der Waals surface area (Å²) in [5, 5.41) is 3.26. The van der Waals surface area contributed by atoms with Gasteiger partial charge in [0.2, 0.25) is 0 Å². The minimum atomic E-state index is -0.180. The zero-order chi connectivity index (χ0) is 11.3. The van der Waals surface area contributed by atoms with Gasteiger partial charge in [-0.25, -0.2) is 4.98 Å². The fourth-order valence-electron chi connectivity index (χ4n) is 1.13. The Labute approximate surface area is 90.8 Å². The Bertz CT molecular complexity index is 312. The van der Waals surface area contributed by atoms with E-state index in [9.17, 15) is 0 Å². The minimum Gasteiger partial charge on any atom is -0.490 e. The monoisotopic (exact) mass is 209 g/mol. The van der Waals surface area contributed by atoms with Gasteiger partial charge in [-0.05, 0) is 32.9 Å². The number of nitrogens with zero attached hydrogens (tertiary/aromatic N) is 1. The fraction of sp³-hybridized carbons (Fsp3) is 0.545. The molecule has 0 atom stereocenters. The summed E-state index contributed by atoms with van der Waals surface area (Å²) in [7, 11) is 0. The van der Waals surface area contributed by atoms with Gasteiger partial charge in [0.25, 0.3) is 0 Å². The molecule has 0 aliphatic heterocycles. The summed E-state index contributed by atoms with van der Waals surface area (Å²) in [4.78, 5) is 4.24. The summed E-state index contributed by atoms with van der Waals surface area (Å²) in [5.74, 6) is 1.51. The van der Waals surface area contributed by atoms with Crippen molar-refractivity contribution >= 4 is 5.82 Å². The number of pyridine rings is 1. The number of hydrogen-bond acceptors (Lipinski definition) is 4. The molecule has 0 fully saturated rings. The fourth-order valence-corrected chi connectivity index (χ4v) is 1.13. The van der Waals surface area contributed by atoms with Gasteiger partial charge < -0.3 is 15.8 Å². The maximum Gasteiger partial charge on any atom is 0.169 e. The lowest BCUT2D eigenvalue weighted by Gasteiger charge is -2.25. The van der Waals surface area contributed by atoms with E-state index in [4.69, 9.17) is 10.5 Å². The zero-order valence-corrected chi connectivity index (χ0v) is 9.58. The molecule has 1 heterocycles. The topological polar surface area (TPSA) is 60.2 Å². The summed E-state index contributed by atoms with van der Waals surface area (Å²) < 4.78 is 5.46. The summed E-state index contributed by atoms with van der Waals surface area (Å²) in [6, 6.07) is 3.75. The van der Waals surface area contributed by atoms with E-state index in [1.165, 1.54) is 0 Å². The van der Waals surface area contributed by atoms with Crippen LogP contribution in [0.4, 0.5) is 5.82 Å². The molecule has 0 radical (unpaired) electrons. The average molecular weight is 209 g/mol. The van der Waals surface area contributed by atoms with Gasteiger partial charge in [-0.3, -0.25) is 0 Å². The number of nitrogens with one attached hydrogen (secondary N) is 1. The summed E-state index contributed by atoms with van der Waals surface area (Å²) >= 11 is 0. The minimum absolute atomic E-state index is 0.180. The Kier molecular flexibility index (Phi) is 3.91.